The number of nitrogens with zero attached hydrogens (tertiary/aromatic N) is 1. The van der Waals surface area contributed by atoms with Gasteiger partial charge in [-0.1, -0.05) is 19.1 Å². The number of benzene rings is 1. The zero-order valence-corrected chi connectivity index (χ0v) is 12.7. The summed E-state index contributed by atoms with van der Waals surface area (Å²) in [5.41, 5.74) is 2.75. The van der Waals surface area contributed by atoms with Crippen molar-refractivity contribution in [3.05, 3.63) is 54.0 Å². The molecule has 1 aromatic carbocycles. The highest BCUT2D eigenvalue weighted by Gasteiger charge is 2.18. The Balaban J connectivity index is 2.08. The van der Waals surface area contributed by atoms with E-state index in [2.05, 4.69) is 10.5 Å². The van der Waals surface area contributed by atoms with Gasteiger partial charge in [-0.3, -0.25) is 4.79 Å². The molecule has 0 saturated carbocycles. The topological polar surface area (TPSA) is 101 Å². The third kappa shape index (κ3) is 4.31. The van der Waals surface area contributed by atoms with Crippen LogP contribution in [0.25, 0.3) is 0 Å². The number of hydrogen-bond acceptors (Lipinski definition) is 5. The van der Waals surface area contributed by atoms with Crippen molar-refractivity contribution < 1.29 is 23.2 Å². The minimum Gasteiger partial charge on any atom is -0.459 e. The van der Waals surface area contributed by atoms with E-state index >= 15 is 0 Å². The molecule has 0 radical (unpaired) electrons. The van der Waals surface area contributed by atoms with E-state index in [0.29, 0.717) is 5.56 Å². The summed E-state index contributed by atoms with van der Waals surface area (Å²) < 4.78 is 21.7. The molecule has 0 aliphatic heterocycles. The van der Waals surface area contributed by atoms with Crippen molar-refractivity contribution in [1.82, 2.24) is 5.43 Å². The molecule has 1 unspecified atom stereocenters. The maximum absolute atomic E-state index is 11.6. The molecule has 0 aliphatic carbocycles. The highest BCUT2D eigenvalue weighted by atomic mass is 31.2. The SMILES string of the molecule is CCP(=O)(O)Oc1ccccc1/C=N/NC(=O)c1ccco1. The summed E-state index contributed by atoms with van der Waals surface area (Å²) in [5, 5.41) is 3.78. The molecule has 116 valence electrons. The summed E-state index contributed by atoms with van der Waals surface area (Å²) in [4.78, 5) is 21.2. The van der Waals surface area contributed by atoms with Gasteiger partial charge in [-0.05, 0) is 24.3 Å². The molecule has 0 bridgehead atoms. The van der Waals surface area contributed by atoms with Crippen molar-refractivity contribution in [3.63, 3.8) is 0 Å². The van der Waals surface area contributed by atoms with Crippen LogP contribution in [0.1, 0.15) is 23.0 Å². The van der Waals surface area contributed by atoms with E-state index in [0.717, 1.165) is 0 Å². The van der Waals surface area contributed by atoms with Crippen LogP contribution in [0.4, 0.5) is 0 Å². The molecule has 0 saturated heterocycles. The molecular weight excluding hydrogens is 307 g/mol. The van der Waals surface area contributed by atoms with Crippen LogP contribution < -0.4 is 9.95 Å². The Morgan fingerprint density at radius 1 is 1.41 bits per heavy atom. The van der Waals surface area contributed by atoms with Crippen LogP contribution in [0, 0.1) is 0 Å². The summed E-state index contributed by atoms with van der Waals surface area (Å²) in [5.74, 6) is -0.153. The van der Waals surface area contributed by atoms with Gasteiger partial charge in [-0.2, -0.15) is 5.10 Å². The minimum atomic E-state index is -3.68. The number of para-hydroxylation sites is 1. The Labute approximate surface area is 127 Å². The van der Waals surface area contributed by atoms with E-state index in [-0.39, 0.29) is 17.7 Å². The van der Waals surface area contributed by atoms with E-state index in [9.17, 15) is 14.3 Å². The first-order chi connectivity index (χ1) is 10.5. The van der Waals surface area contributed by atoms with Crippen molar-refractivity contribution in [3.8, 4) is 5.75 Å². The van der Waals surface area contributed by atoms with Crippen molar-refractivity contribution >= 4 is 19.7 Å². The zero-order valence-electron chi connectivity index (χ0n) is 11.8. The zero-order chi connectivity index (χ0) is 16.0. The molecule has 1 amide bonds. The fraction of sp³-hybridized carbons (Fsp3) is 0.143. The smallest absolute Gasteiger partial charge is 0.376 e. The number of amides is 1. The van der Waals surface area contributed by atoms with Gasteiger partial charge in [-0.25, -0.2) is 9.99 Å². The van der Waals surface area contributed by atoms with Crippen molar-refractivity contribution in [2.75, 3.05) is 6.16 Å². The summed E-state index contributed by atoms with van der Waals surface area (Å²) in [6.45, 7) is 1.56. The van der Waals surface area contributed by atoms with Crippen molar-refractivity contribution in [2.45, 2.75) is 6.92 Å². The predicted octanol–water partition coefficient (Wildman–Crippen LogP) is 2.63. The Morgan fingerprint density at radius 2 is 2.18 bits per heavy atom. The summed E-state index contributed by atoms with van der Waals surface area (Å²) >= 11 is 0. The van der Waals surface area contributed by atoms with Crippen LogP contribution in [0.2, 0.25) is 0 Å². The summed E-state index contributed by atoms with van der Waals surface area (Å²) in [6.07, 6.45) is 2.70. The molecule has 7 nitrogen and oxygen atoms in total. The molecule has 0 aliphatic rings. The van der Waals surface area contributed by atoms with Crippen LogP contribution in [0.3, 0.4) is 0 Å². The molecule has 1 aromatic heterocycles. The number of nitrogens with one attached hydrogen (secondary N) is 1. The van der Waals surface area contributed by atoms with Crippen LogP contribution in [-0.4, -0.2) is 23.2 Å². The second-order valence-electron chi connectivity index (χ2n) is 4.26. The molecule has 1 atom stereocenters. The van der Waals surface area contributed by atoms with Gasteiger partial charge in [0.2, 0.25) is 0 Å². The van der Waals surface area contributed by atoms with Gasteiger partial charge in [0.1, 0.15) is 5.75 Å². The largest absolute Gasteiger partial charge is 0.459 e. The molecule has 0 fully saturated rings. The number of hydrazone groups is 1. The number of carbonyl (C=O) groups excluding carboxylic acids is 1. The normalized spacial score (nSPS) is 13.7. The van der Waals surface area contributed by atoms with Crippen LogP contribution >= 0.6 is 7.60 Å². The van der Waals surface area contributed by atoms with Crippen molar-refractivity contribution in [2.24, 2.45) is 5.10 Å². The van der Waals surface area contributed by atoms with Crippen LogP contribution in [0.5, 0.6) is 5.75 Å². The van der Waals surface area contributed by atoms with Gasteiger partial charge in [0.25, 0.3) is 0 Å². The standard InChI is InChI=1S/C14H15N2O5P/c1-2-22(18,19)21-12-7-4-3-6-11(12)10-15-16-14(17)13-8-5-9-20-13/h3-10H,2H2,1H3,(H,16,17)(H,18,19)/b15-10+. The van der Waals surface area contributed by atoms with E-state index in [1.165, 1.54) is 18.5 Å². The minimum absolute atomic E-state index is 0.00624. The molecular formula is C14H15N2O5P. The fourth-order valence-electron chi connectivity index (χ4n) is 1.51. The van der Waals surface area contributed by atoms with Crippen LogP contribution in [0.15, 0.2) is 52.2 Å². The monoisotopic (exact) mass is 322 g/mol. The van der Waals surface area contributed by atoms with Crippen molar-refractivity contribution in [1.29, 1.82) is 0 Å². The van der Waals surface area contributed by atoms with Gasteiger partial charge in [0, 0.05) is 5.56 Å². The third-order valence-electron chi connectivity index (χ3n) is 2.67. The number of rotatable bonds is 6. The highest BCUT2D eigenvalue weighted by molar-refractivity contribution is 7.53. The van der Waals surface area contributed by atoms with Gasteiger partial charge in [-0.15, -0.1) is 0 Å². The number of carbonyl (C=O) groups is 1. The maximum Gasteiger partial charge on any atom is 0.376 e. The molecule has 1 heterocycles. The molecule has 2 aromatic rings. The van der Waals surface area contributed by atoms with Gasteiger partial charge >= 0.3 is 13.5 Å². The Bertz CT molecular complexity index is 712. The molecule has 22 heavy (non-hydrogen) atoms. The first kappa shape index (κ1) is 16.0. The fourth-order valence-corrected chi connectivity index (χ4v) is 2.11. The molecule has 8 heteroatoms. The van der Waals surface area contributed by atoms with E-state index in [1.54, 1.807) is 37.3 Å². The lowest BCUT2D eigenvalue weighted by Crippen LogP contribution is -2.16. The average molecular weight is 322 g/mol. The second kappa shape index (κ2) is 7.06. The second-order valence-corrected chi connectivity index (χ2v) is 6.35. The van der Waals surface area contributed by atoms with Gasteiger partial charge in [0.15, 0.2) is 5.76 Å². The summed E-state index contributed by atoms with van der Waals surface area (Å²) in [7, 11) is -3.68. The number of hydrogen-bond donors (Lipinski definition) is 2. The quantitative estimate of drug-likeness (QED) is 0.483. The Morgan fingerprint density at radius 3 is 2.86 bits per heavy atom. The van der Waals surface area contributed by atoms with Gasteiger partial charge in [0.05, 0.1) is 18.6 Å². The average Bonchev–Trinajstić information content (AvgIpc) is 3.03. The lowest BCUT2D eigenvalue weighted by Gasteiger charge is -2.12. The molecule has 0 spiro atoms. The maximum atomic E-state index is 11.6. The Kier molecular flexibility index (Phi) is 5.14. The highest BCUT2D eigenvalue weighted by Crippen LogP contribution is 2.42. The number of furan rings is 1. The first-order valence-corrected chi connectivity index (χ1v) is 8.25. The van der Waals surface area contributed by atoms with E-state index in [1.807, 2.05) is 0 Å². The Hall–Kier alpha value is -2.37. The van der Waals surface area contributed by atoms with Gasteiger partial charge < -0.3 is 13.8 Å². The summed E-state index contributed by atoms with van der Waals surface area (Å²) in [6, 6.07) is 9.68. The first-order valence-electron chi connectivity index (χ1n) is 6.49. The predicted molar refractivity (Wildman–Crippen MR) is 81.2 cm³/mol. The molecule has 2 N–H and O–H groups in total. The third-order valence-corrected chi connectivity index (χ3v) is 3.96. The van der Waals surface area contributed by atoms with E-state index < -0.39 is 13.5 Å². The molecule has 2 rings (SSSR count). The van der Waals surface area contributed by atoms with Crippen LogP contribution in [-0.2, 0) is 4.57 Å². The lowest BCUT2D eigenvalue weighted by molar-refractivity contribution is 0.0927. The van der Waals surface area contributed by atoms with E-state index in [4.69, 9.17) is 8.94 Å². The lowest BCUT2D eigenvalue weighted by atomic mass is 10.2.